The van der Waals surface area contributed by atoms with Crippen LogP contribution in [0.4, 0.5) is 13.2 Å². The number of sulfone groups is 2. The fourth-order valence-electron chi connectivity index (χ4n) is 3.11. The van der Waals surface area contributed by atoms with Crippen molar-refractivity contribution in [3.8, 4) is 11.1 Å². The first-order chi connectivity index (χ1) is 12.7. The number of benzene rings is 2. The maximum atomic E-state index is 13.5. The van der Waals surface area contributed by atoms with Gasteiger partial charge < -0.3 is 0 Å². The van der Waals surface area contributed by atoms with E-state index in [1.165, 1.54) is 37.3 Å². The standard InChI is InChI=1S/C17H15F3N2O4S2/c1-9-8-10(4-6-12(9)27(2,23)24)14-13(28(3,25)26)7-5-11-15(14)16(22-21-11)17(18,19)20/h4-8H,1-3H3,(H,21,22). The molecule has 0 radical (unpaired) electrons. The van der Waals surface area contributed by atoms with Crippen molar-refractivity contribution < 1.29 is 30.0 Å². The molecule has 0 aliphatic rings. The summed E-state index contributed by atoms with van der Waals surface area (Å²) >= 11 is 0. The number of alkyl halides is 3. The second-order valence-electron chi connectivity index (χ2n) is 6.45. The first-order valence-electron chi connectivity index (χ1n) is 7.80. The zero-order valence-corrected chi connectivity index (χ0v) is 16.6. The lowest BCUT2D eigenvalue weighted by atomic mass is 9.98. The molecule has 0 saturated carbocycles. The zero-order valence-electron chi connectivity index (χ0n) is 14.9. The van der Waals surface area contributed by atoms with Crippen LogP contribution >= 0.6 is 0 Å². The molecule has 0 amide bonds. The third kappa shape index (κ3) is 3.51. The quantitative estimate of drug-likeness (QED) is 0.685. The second kappa shape index (κ2) is 6.31. The third-order valence-electron chi connectivity index (χ3n) is 4.23. The molecule has 0 spiro atoms. The van der Waals surface area contributed by atoms with E-state index in [0.29, 0.717) is 0 Å². The Labute approximate surface area is 159 Å². The number of aryl methyl sites for hydroxylation is 1. The molecule has 1 aromatic heterocycles. The normalized spacial score (nSPS) is 13.2. The highest BCUT2D eigenvalue weighted by molar-refractivity contribution is 7.91. The van der Waals surface area contributed by atoms with Gasteiger partial charge in [-0.25, -0.2) is 16.8 Å². The molecule has 2 aromatic carbocycles. The van der Waals surface area contributed by atoms with Crippen molar-refractivity contribution >= 4 is 30.6 Å². The summed E-state index contributed by atoms with van der Waals surface area (Å²) in [5.41, 5.74) is -0.979. The van der Waals surface area contributed by atoms with Gasteiger partial charge in [-0.05, 0) is 36.2 Å². The molecule has 1 heterocycles. The van der Waals surface area contributed by atoms with E-state index in [1.54, 1.807) is 0 Å². The average Bonchev–Trinajstić information content (AvgIpc) is 2.95. The van der Waals surface area contributed by atoms with Crippen LogP contribution in [-0.2, 0) is 25.9 Å². The number of rotatable bonds is 3. The Bertz CT molecular complexity index is 1310. The molecule has 1 N–H and O–H groups in total. The van der Waals surface area contributed by atoms with Gasteiger partial charge in [-0.15, -0.1) is 0 Å². The average molecular weight is 432 g/mol. The summed E-state index contributed by atoms with van der Waals surface area (Å²) in [6.45, 7) is 1.49. The Kier molecular flexibility index (Phi) is 4.58. The SMILES string of the molecule is Cc1cc(-c2c(S(C)(=O)=O)ccc3n[nH]c(C(F)(F)F)c23)ccc1S(C)(=O)=O. The molecule has 0 bridgehead atoms. The number of nitrogens with zero attached hydrogens (tertiary/aromatic N) is 1. The predicted molar refractivity (Wildman–Crippen MR) is 97.5 cm³/mol. The monoisotopic (exact) mass is 432 g/mol. The van der Waals surface area contributed by atoms with E-state index in [2.05, 4.69) is 5.10 Å². The van der Waals surface area contributed by atoms with Crippen molar-refractivity contribution in [2.75, 3.05) is 12.5 Å². The maximum Gasteiger partial charge on any atom is 0.433 e. The fraction of sp³-hybridized carbons (Fsp3) is 0.235. The Morgan fingerprint density at radius 1 is 0.929 bits per heavy atom. The predicted octanol–water partition coefficient (Wildman–Crippen LogP) is 3.36. The van der Waals surface area contributed by atoms with Crippen LogP contribution < -0.4 is 0 Å². The van der Waals surface area contributed by atoms with Crippen LogP contribution in [0.15, 0.2) is 40.1 Å². The summed E-state index contributed by atoms with van der Waals surface area (Å²) in [6, 6.07) is 6.28. The second-order valence-corrected chi connectivity index (χ2v) is 10.4. The molecule has 6 nitrogen and oxygen atoms in total. The molecule has 28 heavy (non-hydrogen) atoms. The van der Waals surface area contributed by atoms with Gasteiger partial charge in [0.15, 0.2) is 19.7 Å². The van der Waals surface area contributed by atoms with Gasteiger partial charge in [0.1, 0.15) is 5.69 Å². The van der Waals surface area contributed by atoms with Crippen molar-refractivity contribution in [3.63, 3.8) is 0 Å². The molecule has 3 aromatic rings. The lowest BCUT2D eigenvalue weighted by Gasteiger charge is -2.14. The van der Waals surface area contributed by atoms with Crippen LogP contribution in [-0.4, -0.2) is 39.5 Å². The molecule has 11 heteroatoms. The Morgan fingerprint density at radius 3 is 2.00 bits per heavy atom. The number of aromatic amines is 1. The maximum absolute atomic E-state index is 13.5. The Balaban J connectivity index is 2.48. The Morgan fingerprint density at radius 2 is 1.50 bits per heavy atom. The summed E-state index contributed by atoms with van der Waals surface area (Å²) < 4.78 is 88.6. The number of fused-ring (bicyclic) bond motifs is 1. The first kappa shape index (κ1) is 20.3. The zero-order chi connectivity index (χ0) is 21.1. The lowest BCUT2D eigenvalue weighted by molar-refractivity contribution is -0.139. The van der Waals surface area contributed by atoms with Gasteiger partial charge in [-0.2, -0.15) is 18.3 Å². The van der Waals surface area contributed by atoms with Crippen molar-refractivity contribution in [2.24, 2.45) is 0 Å². The minimum atomic E-state index is -4.79. The number of aromatic nitrogens is 2. The van der Waals surface area contributed by atoms with Crippen LogP contribution in [0.1, 0.15) is 11.3 Å². The van der Waals surface area contributed by atoms with E-state index in [0.717, 1.165) is 12.5 Å². The lowest BCUT2D eigenvalue weighted by Crippen LogP contribution is -2.08. The summed E-state index contributed by atoms with van der Waals surface area (Å²) in [5.74, 6) is 0. The molecule has 150 valence electrons. The van der Waals surface area contributed by atoms with Gasteiger partial charge in [0.25, 0.3) is 0 Å². The van der Waals surface area contributed by atoms with E-state index in [1.807, 2.05) is 5.10 Å². The minimum Gasteiger partial charge on any atom is -0.272 e. The van der Waals surface area contributed by atoms with Gasteiger partial charge in [0.05, 0.1) is 15.3 Å². The number of H-pyrrole nitrogens is 1. The molecule has 0 atom stereocenters. The van der Waals surface area contributed by atoms with Gasteiger partial charge >= 0.3 is 6.18 Å². The number of halogens is 3. The van der Waals surface area contributed by atoms with Gasteiger partial charge in [0.2, 0.25) is 0 Å². The van der Waals surface area contributed by atoms with Crippen LogP contribution in [0.5, 0.6) is 0 Å². The number of hydrogen-bond acceptors (Lipinski definition) is 5. The summed E-state index contributed by atoms with van der Waals surface area (Å²) in [5, 5.41) is 5.18. The highest BCUT2D eigenvalue weighted by atomic mass is 32.2. The molecule has 0 aliphatic heterocycles. The van der Waals surface area contributed by atoms with Crippen molar-refractivity contribution in [1.29, 1.82) is 0 Å². The van der Waals surface area contributed by atoms with Crippen molar-refractivity contribution in [3.05, 3.63) is 41.6 Å². The van der Waals surface area contributed by atoms with E-state index < -0.39 is 31.5 Å². The molecular weight excluding hydrogens is 417 g/mol. The fourth-order valence-corrected chi connectivity index (χ4v) is 4.98. The van der Waals surface area contributed by atoms with E-state index in [-0.39, 0.29) is 37.4 Å². The molecule has 3 rings (SSSR count). The molecule has 0 unspecified atom stereocenters. The summed E-state index contributed by atoms with van der Waals surface area (Å²) in [6.07, 6.45) is -2.89. The molecule has 0 saturated heterocycles. The van der Waals surface area contributed by atoms with Crippen molar-refractivity contribution in [1.82, 2.24) is 10.2 Å². The summed E-state index contributed by atoms with van der Waals surface area (Å²) in [4.78, 5) is -0.300. The first-order valence-corrected chi connectivity index (χ1v) is 11.6. The number of hydrogen-bond donors (Lipinski definition) is 1. The Hall–Kier alpha value is -2.40. The molecular formula is C17H15F3N2O4S2. The molecule has 0 fully saturated rings. The minimum absolute atomic E-state index is 0.00701. The van der Waals surface area contributed by atoms with Gasteiger partial charge in [0, 0.05) is 23.5 Å². The van der Waals surface area contributed by atoms with Gasteiger partial charge in [-0.1, -0.05) is 12.1 Å². The van der Waals surface area contributed by atoms with Crippen LogP contribution in [0, 0.1) is 6.92 Å². The smallest absolute Gasteiger partial charge is 0.272 e. The largest absolute Gasteiger partial charge is 0.433 e. The van der Waals surface area contributed by atoms with E-state index in [9.17, 15) is 30.0 Å². The van der Waals surface area contributed by atoms with Crippen LogP contribution in [0.3, 0.4) is 0 Å². The van der Waals surface area contributed by atoms with Gasteiger partial charge in [-0.3, -0.25) is 5.10 Å². The highest BCUT2D eigenvalue weighted by Gasteiger charge is 2.37. The van der Waals surface area contributed by atoms with Crippen molar-refractivity contribution in [2.45, 2.75) is 22.9 Å². The highest BCUT2D eigenvalue weighted by Crippen LogP contribution is 2.41. The number of nitrogens with one attached hydrogen (secondary N) is 1. The third-order valence-corrected chi connectivity index (χ3v) is 6.63. The van der Waals surface area contributed by atoms with Crippen LogP contribution in [0.25, 0.3) is 22.0 Å². The van der Waals surface area contributed by atoms with Crippen LogP contribution in [0.2, 0.25) is 0 Å². The van der Waals surface area contributed by atoms with E-state index >= 15 is 0 Å². The summed E-state index contributed by atoms with van der Waals surface area (Å²) in [7, 11) is -7.44. The topological polar surface area (TPSA) is 97.0 Å². The molecule has 0 aliphatic carbocycles. The van der Waals surface area contributed by atoms with E-state index in [4.69, 9.17) is 0 Å².